The molecule has 3 heterocycles. The van der Waals surface area contributed by atoms with Crippen molar-refractivity contribution in [1.82, 2.24) is 14.9 Å². The highest BCUT2D eigenvalue weighted by Crippen LogP contribution is 2.25. The highest BCUT2D eigenvalue weighted by Gasteiger charge is 2.23. The highest BCUT2D eigenvalue weighted by molar-refractivity contribution is 5.38. The van der Waals surface area contributed by atoms with Gasteiger partial charge < -0.3 is 15.5 Å². The van der Waals surface area contributed by atoms with Gasteiger partial charge in [0.05, 0.1) is 11.4 Å². The van der Waals surface area contributed by atoms with Crippen molar-refractivity contribution in [2.24, 2.45) is 11.7 Å². The first-order valence-corrected chi connectivity index (χ1v) is 7.69. The van der Waals surface area contributed by atoms with Crippen LogP contribution in [0, 0.1) is 5.92 Å². The van der Waals surface area contributed by atoms with E-state index in [1.807, 2.05) is 0 Å². The van der Waals surface area contributed by atoms with Crippen molar-refractivity contribution < 1.29 is 0 Å². The van der Waals surface area contributed by atoms with E-state index in [-0.39, 0.29) is 0 Å². The third-order valence-corrected chi connectivity index (χ3v) is 4.58. The van der Waals surface area contributed by atoms with Crippen LogP contribution in [0.5, 0.6) is 0 Å². The zero-order valence-corrected chi connectivity index (χ0v) is 12.6. The molecule has 2 N–H and O–H groups in total. The van der Waals surface area contributed by atoms with E-state index in [1.54, 1.807) is 0 Å². The average molecular weight is 275 g/mol. The van der Waals surface area contributed by atoms with Crippen LogP contribution in [-0.2, 0) is 19.5 Å². The number of piperidine rings is 1. The monoisotopic (exact) mass is 275 g/mol. The van der Waals surface area contributed by atoms with Gasteiger partial charge in [-0.3, -0.25) is 0 Å². The molecule has 0 bridgehead atoms. The van der Waals surface area contributed by atoms with E-state index in [0.29, 0.717) is 6.54 Å². The number of hydrogen-bond acceptors (Lipinski definition) is 5. The molecular formula is C15H25N5. The second kappa shape index (κ2) is 5.66. The minimum Gasteiger partial charge on any atom is -0.341 e. The first kappa shape index (κ1) is 13.8. The summed E-state index contributed by atoms with van der Waals surface area (Å²) in [5.74, 6) is 1.73. The molecule has 1 aromatic heterocycles. The highest BCUT2D eigenvalue weighted by atomic mass is 15.3. The fraction of sp³-hybridized carbons (Fsp3) is 0.733. The number of likely N-dealkylation sites (N-methyl/N-ethyl adjacent to an activating group) is 1. The van der Waals surface area contributed by atoms with Gasteiger partial charge in [-0.15, -0.1) is 0 Å². The molecule has 0 amide bonds. The quantitative estimate of drug-likeness (QED) is 0.877. The van der Waals surface area contributed by atoms with Gasteiger partial charge in [-0.1, -0.05) is 6.92 Å². The standard InChI is InChI=1S/C15H25N5/c1-11-3-7-20(8-4-11)15-17-13-5-6-19(2)10-12(13)14(9-16)18-15/h11H,3-10,16H2,1-2H3. The van der Waals surface area contributed by atoms with Crippen molar-refractivity contribution in [3.05, 3.63) is 17.0 Å². The van der Waals surface area contributed by atoms with Crippen LogP contribution in [0.4, 0.5) is 5.95 Å². The van der Waals surface area contributed by atoms with Crippen molar-refractivity contribution in [3.63, 3.8) is 0 Å². The van der Waals surface area contributed by atoms with Crippen LogP contribution in [0.25, 0.3) is 0 Å². The maximum Gasteiger partial charge on any atom is 0.225 e. The third-order valence-electron chi connectivity index (χ3n) is 4.58. The maximum atomic E-state index is 5.91. The summed E-state index contributed by atoms with van der Waals surface area (Å²) >= 11 is 0. The molecule has 0 aromatic carbocycles. The zero-order valence-electron chi connectivity index (χ0n) is 12.6. The first-order chi connectivity index (χ1) is 9.67. The summed E-state index contributed by atoms with van der Waals surface area (Å²) in [6.07, 6.45) is 3.49. The largest absolute Gasteiger partial charge is 0.341 e. The number of fused-ring (bicyclic) bond motifs is 1. The number of hydrogen-bond donors (Lipinski definition) is 1. The third kappa shape index (κ3) is 2.65. The average Bonchev–Trinajstić information content (AvgIpc) is 2.47. The molecule has 110 valence electrons. The molecule has 0 spiro atoms. The minimum atomic E-state index is 0.510. The van der Waals surface area contributed by atoms with Gasteiger partial charge in [0, 0.05) is 44.7 Å². The van der Waals surface area contributed by atoms with Crippen molar-refractivity contribution in [1.29, 1.82) is 0 Å². The minimum absolute atomic E-state index is 0.510. The Balaban J connectivity index is 1.89. The fourth-order valence-corrected chi connectivity index (χ4v) is 3.12. The Morgan fingerprint density at radius 3 is 2.65 bits per heavy atom. The summed E-state index contributed by atoms with van der Waals surface area (Å²) in [5.41, 5.74) is 9.42. The van der Waals surface area contributed by atoms with E-state index < -0.39 is 0 Å². The second-order valence-electron chi connectivity index (χ2n) is 6.26. The van der Waals surface area contributed by atoms with E-state index in [4.69, 9.17) is 15.7 Å². The summed E-state index contributed by atoms with van der Waals surface area (Å²) in [6.45, 7) is 6.99. The molecule has 5 nitrogen and oxygen atoms in total. The molecule has 5 heteroatoms. The predicted molar refractivity (Wildman–Crippen MR) is 80.6 cm³/mol. The lowest BCUT2D eigenvalue weighted by atomic mass is 9.99. The summed E-state index contributed by atoms with van der Waals surface area (Å²) in [5, 5.41) is 0. The number of anilines is 1. The van der Waals surface area contributed by atoms with Crippen LogP contribution in [0.3, 0.4) is 0 Å². The van der Waals surface area contributed by atoms with E-state index in [1.165, 1.54) is 24.1 Å². The van der Waals surface area contributed by atoms with E-state index >= 15 is 0 Å². The first-order valence-electron chi connectivity index (χ1n) is 7.69. The van der Waals surface area contributed by atoms with Gasteiger partial charge in [0.2, 0.25) is 5.95 Å². The molecule has 20 heavy (non-hydrogen) atoms. The number of nitrogens with two attached hydrogens (primary N) is 1. The van der Waals surface area contributed by atoms with Crippen LogP contribution in [0.1, 0.15) is 36.7 Å². The Kier molecular flexibility index (Phi) is 3.89. The van der Waals surface area contributed by atoms with Crippen LogP contribution >= 0.6 is 0 Å². The Morgan fingerprint density at radius 1 is 1.20 bits per heavy atom. The van der Waals surface area contributed by atoms with E-state index in [0.717, 1.165) is 50.2 Å². The zero-order chi connectivity index (χ0) is 14.1. The molecule has 2 aliphatic heterocycles. The molecule has 0 unspecified atom stereocenters. The SMILES string of the molecule is CC1CCN(c2nc(CN)c3c(n2)CCN(C)C3)CC1. The van der Waals surface area contributed by atoms with Gasteiger partial charge >= 0.3 is 0 Å². The normalized spacial score (nSPS) is 21.1. The van der Waals surface area contributed by atoms with Gasteiger partial charge in [0.1, 0.15) is 0 Å². The summed E-state index contributed by atoms with van der Waals surface area (Å²) in [7, 11) is 2.14. The lowest BCUT2D eigenvalue weighted by Gasteiger charge is -2.32. The van der Waals surface area contributed by atoms with Crippen molar-refractivity contribution in [2.45, 2.75) is 39.3 Å². The number of rotatable bonds is 2. The van der Waals surface area contributed by atoms with Gasteiger partial charge in [0.15, 0.2) is 0 Å². The fourth-order valence-electron chi connectivity index (χ4n) is 3.12. The molecule has 1 fully saturated rings. The molecule has 0 aliphatic carbocycles. The number of nitrogens with zero attached hydrogens (tertiary/aromatic N) is 4. The molecule has 3 rings (SSSR count). The lowest BCUT2D eigenvalue weighted by molar-refractivity contribution is 0.307. The van der Waals surface area contributed by atoms with E-state index in [2.05, 4.69) is 23.8 Å². The van der Waals surface area contributed by atoms with Crippen LogP contribution < -0.4 is 10.6 Å². The van der Waals surface area contributed by atoms with Gasteiger partial charge in [0.25, 0.3) is 0 Å². The summed E-state index contributed by atoms with van der Waals surface area (Å²) in [4.78, 5) is 14.2. The number of aromatic nitrogens is 2. The molecule has 0 radical (unpaired) electrons. The Bertz CT molecular complexity index is 462. The van der Waals surface area contributed by atoms with Gasteiger partial charge in [-0.05, 0) is 25.8 Å². The molecule has 1 aromatic rings. The second-order valence-corrected chi connectivity index (χ2v) is 6.26. The van der Waals surface area contributed by atoms with Gasteiger partial charge in [-0.25, -0.2) is 9.97 Å². The molecular weight excluding hydrogens is 250 g/mol. The Labute approximate surface area is 121 Å². The van der Waals surface area contributed by atoms with Crippen LogP contribution in [-0.4, -0.2) is 41.5 Å². The smallest absolute Gasteiger partial charge is 0.225 e. The van der Waals surface area contributed by atoms with Crippen molar-refractivity contribution in [3.8, 4) is 0 Å². The summed E-state index contributed by atoms with van der Waals surface area (Å²) < 4.78 is 0. The molecule has 0 atom stereocenters. The topological polar surface area (TPSA) is 58.3 Å². The van der Waals surface area contributed by atoms with E-state index in [9.17, 15) is 0 Å². The Morgan fingerprint density at radius 2 is 1.95 bits per heavy atom. The molecule has 0 saturated carbocycles. The Hall–Kier alpha value is -1.20. The van der Waals surface area contributed by atoms with Crippen molar-refractivity contribution >= 4 is 5.95 Å². The molecule has 1 saturated heterocycles. The van der Waals surface area contributed by atoms with Gasteiger partial charge in [-0.2, -0.15) is 0 Å². The summed E-state index contributed by atoms with van der Waals surface area (Å²) in [6, 6.07) is 0. The lowest BCUT2D eigenvalue weighted by Crippen LogP contribution is -2.36. The molecule has 2 aliphatic rings. The van der Waals surface area contributed by atoms with Crippen LogP contribution in [0.15, 0.2) is 0 Å². The maximum absolute atomic E-state index is 5.91. The van der Waals surface area contributed by atoms with Crippen molar-refractivity contribution in [2.75, 3.05) is 31.6 Å². The predicted octanol–water partition coefficient (Wildman–Crippen LogP) is 1.16. The van der Waals surface area contributed by atoms with Crippen LogP contribution in [0.2, 0.25) is 0 Å².